The van der Waals surface area contributed by atoms with Crippen molar-refractivity contribution in [1.29, 1.82) is 0 Å². The summed E-state index contributed by atoms with van der Waals surface area (Å²) in [5.74, 6) is -0.724. The van der Waals surface area contributed by atoms with Gasteiger partial charge in [-0.3, -0.25) is 4.79 Å². The first-order valence-electron chi connectivity index (χ1n) is 8.18. The van der Waals surface area contributed by atoms with Crippen molar-refractivity contribution in [2.75, 3.05) is 0 Å². The van der Waals surface area contributed by atoms with Crippen molar-refractivity contribution in [2.24, 2.45) is 0 Å². The largest absolute Gasteiger partial charge is 0.417 e. The molecule has 130 valence electrons. The summed E-state index contributed by atoms with van der Waals surface area (Å²) in [7, 11) is 0. The molecule has 5 heteroatoms. The first-order valence-corrected chi connectivity index (χ1v) is 8.18. The summed E-state index contributed by atoms with van der Waals surface area (Å²) < 4.78 is 40.0. The van der Waals surface area contributed by atoms with E-state index in [2.05, 4.69) is 5.32 Å². The molecule has 0 radical (unpaired) electrons. The van der Waals surface area contributed by atoms with E-state index in [1.54, 1.807) is 6.07 Å². The molecule has 0 heterocycles. The predicted molar refractivity (Wildman–Crippen MR) is 90.7 cm³/mol. The molecular weight excluding hydrogens is 327 g/mol. The van der Waals surface area contributed by atoms with Crippen LogP contribution in [0.3, 0.4) is 0 Å². The molecule has 0 fully saturated rings. The standard InChI is InChI=1S/C20H18F3NO/c21-20(22,23)17(15-8-2-1-3-9-15)13-19(25)24-18-12-6-10-14-7-4-5-11-16(14)18/h1-5,7-9,11,13,18H,6,10,12H2,(H,24,25)/b17-13+. The molecule has 0 aliphatic heterocycles. The van der Waals surface area contributed by atoms with Crippen molar-refractivity contribution in [3.8, 4) is 0 Å². The summed E-state index contributed by atoms with van der Waals surface area (Å²) >= 11 is 0. The van der Waals surface area contributed by atoms with E-state index in [9.17, 15) is 18.0 Å². The van der Waals surface area contributed by atoms with Crippen LogP contribution >= 0.6 is 0 Å². The molecule has 1 N–H and O–H groups in total. The number of halogens is 3. The number of hydrogen-bond donors (Lipinski definition) is 1. The van der Waals surface area contributed by atoms with Gasteiger partial charge in [-0.05, 0) is 36.0 Å². The minimum absolute atomic E-state index is 0.0193. The van der Waals surface area contributed by atoms with Crippen molar-refractivity contribution >= 4 is 11.5 Å². The van der Waals surface area contributed by atoms with Crippen molar-refractivity contribution in [3.63, 3.8) is 0 Å². The Bertz CT molecular complexity index is 781. The number of carbonyl (C=O) groups is 1. The number of fused-ring (bicyclic) bond motifs is 1. The molecule has 0 saturated carbocycles. The first kappa shape index (κ1) is 17.3. The molecule has 3 rings (SSSR count). The third-order valence-electron chi connectivity index (χ3n) is 4.35. The van der Waals surface area contributed by atoms with E-state index in [1.807, 2.05) is 24.3 Å². The molecular formula is C20H18F3NO. The summed E-state index contributed by atoms with van der Waals surface area (Å²) in [6.45, 7) is 0. The van der Waals surface area contributed by atoms with Gasteiger partial charge in [0.15, 0.2) is 0 Å². The van der Waals surface area contributed by atoms with Crippen molar-refractivity contribution in [2.45, 2.75) is 31.5 Å². The number of benzene rings is 2. The van der Waals surface area contributed by atoms with Crippen LogP contribution in [0.5, 0.6) is 0 Å². The molecule has 0 aromatic heterocycles. The molecule has 2 aromatic carbocycles. The quantitative estimate of drug-likeness (QED) is 0.794. The fraction of sp³-hybridized carbons (Fsp3) is 0.250. The first-order chi connectivity index (χ1) is 11.9. The monoisotopic (exact) mass is 345 g/mol. The number of allylic oxidation sites excluding steroid dienone is 1. The molecule has 1 atom stereocenters. The van der Waals surface area contributed by atoms with Gasteiger partial charge in [0.1, 0.15) is 0 Å². The van der Waals surface area contributed by atoms with Crippen LogP contribution in [0.4, 0.5) is 13.2 Å². The number of amides is 1. The average Bonchev–Trinajstić information content (AvgIpc) is 2.60. The molecule has 2 nitrogen and oxygen atoms in total. The fourth-order valence-corrected chi connectivity index (χ4v) is 3.19. The second-order valence-corrected chi connectivity index (χ2v) is 6.07. The molecule has 1 aliphatic carbocycles. The van der Waals surface area contributed by atoms with Crippen molar-refractivity contribution in [1.82, 2.24) is 5.32 Å². The maximum absolute atomic E-state index is 13.3. The van der Waals surface area contributed by atoms with Gasteiger partial charge in [0, 0.05) is 6.08 Å². The van der Waals surface area contributed by atoms with Crippen molar-refractivity contribution in [3.05, 3.63) is 77.4 Å². The van der Waals surface area contributed by atoms with Crippen LogP contribution in [0, 0.1) is 0 Å². The Labute approximate surface area is 144 Å². The van der Waals surface area contributed by atoms with Gasteiger partial charge >= 0.3 is 6.18 Å². The summed E-state index contributed by atoms with van der Waals surface area (Å²) in [6, 6.07) is 14.8. The molecule has 2 aromatic rings. The number of rotatable bonds is 3. The molecule has 1 amide bonds. The molecule has 0 saturated heterocycles. The highest BCUT2D eigenvalue weighted by molar-refractivity contribution is 5.96. The number of hydrogen-bond acceptors (Lipinski definition) is 1. The van der Waals surface area contributed by atoms with E-state index >= 15 is 0 Å². The lowest BCUT2D eigenvalue weighted by Gasteiger charge is -2.26. The number of alkyl halides is 3. The van der Waals surface area contributed by atoms with Gasteiger partial charge in [-0.25, -0.2) is 0 Å². The number of nitrogens with one attached hydrogen (secondary N) is 1. The Kier molecular flexibility index (Phi) is 4.93. The van der Waals surface area contributed by atoms with Gasteiger partial charge in [-0.1, -0.05) is 54.6 Å². The second-order valence-electron chi connectivity index (χ2n) is 6.07. The Morgan fingerprint density at radius 3 is 2.44 bits per heavy atom. The maximum atomic E-state index is 13.3. The smallest absolute Gasteiger partial charge is 0.346 e. The zero-order valence-electron chi connectivity index (χ0n) is 13.5. The number of aryl methyl sites for hydroxylation is 1. The topological polar surface area (TPSA) is 29.1 Å². The Hall–Kier alpha value is -2.56. The highest BCUT2D eigenvalue weighted by Crippen LogP contribution is 2.34. The van der Waals surface area contributed by atoms with Crippen LogP contribution < -0.4 is 5.32 Å². The Balaban J connectivity index is 1.84. The van der Waals surface area contributed by atoms with Gasteiger partial charge in [0.05, 0.1) is 11.6 Å². The normalized spacial score (nSPS) is 17.7. The van der Waals surface area contributed by atoms with E-state index in [0.717, 1.165) is 30.4 Å². The third kappa shape index (κ3) is 4.10. The minimum Gasteiger partial charge on any atom is -0.346 e. The van der Waals surface area contributed by atoms with Crippen LogP contribution in [0.2, 0.25) is 0 Å². The maximum Gasteiger partial charge on any atom is 0.417 e. The fourth-order valence-electron chi connectivity index (χ4n) is 3.19. The minimum atomic E-state index is -4.59. The van der Waals surface area contributed by atoms with E-state index < -0.39 is 17.7 Å². The van der Waals surface area contributed by atoms with Crippen LogP contribution in [0.25, 0.3) is 5.57 Å². The predicted octanol–water partition coefficient (Wildman–Crippen LogP) is 4.83. The summed E-state index contributed by atoms with van der Waals surface area (Å²) in [5, 5.41) is 2.73. The lowest BCUT2D eigenvalue weighted by atomic mass is 9.87. The van der Waals surface area contributed by atoms with Crippen LogP contribution in [0.1, 0.15) is 35.6 Å². The number of carbonyl (C=O) groups excluding carboxylic acids is 1. The van der Waals surface area contributed by atoms with Crippen molar-refractivity contribution < 1.29 is 18.0 Å². The summed E-state index contributed by atoms with van der Waals surface area (Å²) in [6.07, 6.45) is -1.38. The molecule has 0 spiro atoms. The van der Waals surface area contributed by atoms with E-state index in [0.29, 0.717) is 6.08 Å². The summed E-state index contributed by atoms with van der Waals surface area (Å²) in [4.78, 5) is 12.3. The molecule has 1 unspecified atom stereocenters. The Morgan fingerprint density at radius 1 is 1.04 bits per heavy atom. The molecule has 25 heavy (non-hydrogen) atoms. The lowest BCUT2D eigenvalue weighted by molar-refractivity contribution is -0.117. The van der Waals surface area contributed by atoms with E-state index in [1.165, 1.54) is 24.3 Å². The average molecular weight is 345 g/mol. The SMILES string of the molecule is O=C(/C=C(\c1ccccc1)C(F)(F)F)NC1CCCc2ccccc21. The molecule has 0 bridgehead atoms. The lowest BCUT2D eigenvalue weighted by Crippen LogP contribution is -2.30. The summed E-state index contributed by atoms with van der Waals surface area (Å²) in [5.41, 5.74) is 1.18. The Morgan fingerprint density at radius 2 is 1.72 bits per heavy atom. The van der Waals surface area contributed by atoms with Gasteiger partial charge in [0.2, 0.25) is 5.91 Å². The highest BCUT2D eigenvalue weighted by atomic mass is 19.4. The third-order valence-corrected chi connectivity index (χ3v) is 4.35. The van der Waals surface area contributed by atoms with Gasteiger partial charge in [-0.15, -0.1) is 0 Å². The van der Waals surface area contributed by atoms with E-state index in [-0.39, 0.29) is 11.6 Å². The van der Waals surface area contributed by atoms with Gasteiger partial charge in [0.25, 0.3) is 0 Å². The van der Waals surface area contributed by atoms with Crippen LogP contribution in [-0.2, 0) is 11.2 Å². The highest BCUT2D eigenvalue weighted by Gasteiger charge is 2.35. The van der Waals surface area contributed by atoms with Gasteiger partial charge < -0.3 is 5.32 Å². The second kappa shape index (κ2) is 7.13. The van der Waals surface area contributed by atoms with E-state index in [4.69, 9.17) is 0 Å². The molecule has 1 aliphatic rings. The van der Waals surface area contributed by atoms with Crippen LogP contribution in [-0.4, -0.2) is 12.1 Å². The van der Waals surface area contributed by atoms with Gasteiger partial charge in [-0.2, -0.15) is 13.2 Å². The van der Waals surface area contributed by atoms with Crippen LogP contribution in [0.15, 0.2) is 60.7 Å². The zero-order chi connectivity index (χ0) is 17.9. The zero-order valence-corrected chi connectivity index (χ0v) is 13.5.